The molecule has 41 heavy (non-hydrogen) atoms. The van der Waals surface area contributed by atoms with Crippen molar-refractivity contribution in [3.63, 3.8) is 0 Å². The van der Waals surface area contributed by atoms with Gasteiger partial charge in [0.05, 0.1) is 22.5 Å². The molecule has 0 amide bonds. The van der Waals surface area contributed by atoms with Crippen molar-refractivity contribution in [1.29, 1.82) is 0 Å². The Morgan fingerprint density at radius 2 is 1.83 bits per heavy atom. The van der Waals surface area contributed by atoms with E-state index >= 15 is 0 Å². The van der Waals surface area contributed by atoms with Gasteiger partial charge >= 0.3 is 12.1 Å². The number of imidazole rings is 1. The van der Waals surface area contributed by atoms with Crippen LogP contribution in [0.15, 0.2) is 36.4 Å². The Morgan fingerprint density at radius 3 is 2.49 bits per heavy atom. The molecule has 1 N–H and O–H groups in total. The van der Waals surface area contributed by atoms with Gasteiger partial charge < -0.3 is 19.5 Å². The summed E-state index contributed by atoms with van der Waals surface area (Å²) in [5, 5.41) is 10.2. The zero-order chi connectivity index (χ0) is 29.3. The Labute approximate surface area is 247 Å². The number of nitrogens with zero attached hydrogens (tertiary/aromatic N) is 4. The van der Waals surface area contributed by atoms with Crippen LogP contribution in [0, 0.1) is 17.3 Å². The molecule has 11 heteroatoms. The standard InChI is InChI=1S/C30H33Cl2F3N4O2/c1-17(23-7-5-20(31)10-24(23)32)39-26-11-21(6-8-25(26)36-27(39)30(33,34)35)38-15-19(16-38)18-4-3-9-37(14-18)22-12-29(2,13-22)28(40)41/h5-8,10-11,17-19,22H,3-4,9,12-16H2,1-2H3,(H,40,41)/t17-,18?,22?,29?/m1/s1. The highest BCUT2D eigenvalue weighted by atomic mass is 35.5. The molecule has 0 radical (unpaired) electrons. The Balaban J connectivity index is 1.20. The number of hydrogen-bond acceptors (Lipinski definition) is 4. The summed E-state index contributed by atoms with van der Waals surface area (Å²) in [4.78, 5) is 20.2. The zero-order valence-corrected chi connectivity index (χ0v) is 24.5. The second-order valence-corrected chi connectivity index (χ2v) is 13.2. The number of aliphatic carboxylic acids is 1. The molecule has 3 aromatic rings. The SMILES string of the molecule is C[C@H](c1ccc(Cl)cc1Cl)n1c(C(F)(F)F)nc2ccc(N3CC(C4CCCN(C5CC(C)(C(=O)O)C5)C4)C3)cc21. The number of carboxylic acid groups (broad SMARTS) is 1. The molecule has 1 unspecified atom stereocenters. The minimum absolute atomic E-state index is 0.284. The van der Waals surface area contributed by atoms with E-state index in [4.69, 9.17) is 23.2 Å². The van der Waals surface area contributed by atoms with E-state index in [1.165, 1.54) is 10.6 Å². The van der Waals surface area contributed by atoms with Crippen molar-refractivity contribution >= 4 is 45.9 Å². The first-order valence-electron chi connectivity index (χ1n) is 14.1. The van der Waals surface area contributed by atoms with Gasteiger partial charge in [-0.05, 0) is 93.8 Å². The molecule has 3 aliphatic rings. The lowest BCUT2D eigenvalue weighted by molar-refractivity contribution is -0.158. The number of halogens is 5. The molecule has 2 aromatic carbocycles. The van der Waals surface area contributed by atoms with Gasteiger partial charge in [-0.1, -0.05) is 29.3 Å². The normalized spacial score (nSPS) is 26.6. The minimum atomic E-state index is -4.64. The fourth-order valence-corrected chi connectivity index (χ4v) is 7.61. The Hall–Kier alpha value is -2.49. The number of piperidine rings is 1. The van der Waals surface area contributed by atoms with Crippen LogP contribution in [0.4, 0.5) is 18.9 Å². The summed E-state index contributed by atoms with van der Waals surface area (Å²) in [7, 11) is 0. The van der Waals surface area contributed by atoms with Gasteiger partial charge in [0.1, 0.15) is 0 Å². The third-order valence-electron chi connectivity index (χ3n) is 9.56. The maximum absolute atomic E-state index is 14.1. The van der Waals surface area contributed by atoms with E-state index in [9.17, 15) is 23.1 Å². The summed E-state index contributed by atoms with van der Waals surface area (Å²) in [5.41, 5.74) is 1.51. The van der Waals surface area contributed by atoms with Crippen LogP contribution in [0.1, 0.15) is 57.0 Å². The molecule has 2 saturated heterocycles. The van der Waals surface area contributed by atoms with Gasteiger partial charge in [-0.3, -0.25) is 4.79 Å². The molecular weight excluding hydrogens is 576 g/mol. The van der Waals surface area contributed by atoms with E-state index in [0.29, 0.717) is 51.8 Å². The van der Waals surface area contributed by atoms with E-state index in [1.54, 1.807) is 25.1 Å². The van der Waals surface area contributed by atoms with Crippen molar-refractivity contribution in [2.75, 3.05) is 31.1 Å². The topological polar surface area (TPSA) is 61.6 Å². The molecule has 6 rings (SSSR count). The lowest BCUT2D eigenvalue weighted by Crippen LogP contribution is -2.58. The Morgan fingerprint density at radius 1 is 1.10 bits per heavy atom. The number of fused-ring (bicyclic) bond motifs is 1. The van der Waals surface area contributed by atoms with E-state index in [2.05, 4.69) is 14.8 Å². The number of carboxylic acids is 1. The number of alkyl halides is 3. The second-order valence-electron chi connectivity index (χ2n) is 12.3. The summed E-state index contributed by atoms with van der Waals surface area (Å²) in [6, 6.07) is 9.77. The average molecular weight is 610 g/mol. The van der Waals surface area contributed by atoms with E-state index in [0.717, 1.165) is 44.7 Å². The predicted octanol–water partition coefficient (Wildman–Crippen LogP) is 7.37. The van der Waals surface area contributed by atoms with Gasteiger partial charge in [0, 0.05) is 41.4 Å². The molecule has 1 aromatic heterocycles. The largest absolute Gasteiger partial charge is 0.481 e. The molecule has 3 fully saturated rings. The van der Waals surface area contributed by atoms with Crippen molar-refractivity contribution in [2.24, 2.45) is 17.3 Å². The van der Waals surface area contributed by atoms with Gasteiger partial charge in [-0.25, -0.2) is 4.98 Å². The third kappa shape index (κ3) is 5.19. The smallest absolute Gasteiger partial charge is 0.449 e. The van der Waals surface area contributed by atoms with Gasteiger partial charge in [0.25, 0.3) is 0 Å². The molecule has 1 saturated carbocycles. The highest BCUT2D eigenvalue weighted by molar-refractivity contribution is 6.35. The van der Waals surface area contributed by atoms with Gasteiger partial charge in [-0.2, -0.15) is 13.2 Å². The predicted molar refractivity (Wildman–Crippen MR) is 154 cm³/mol. The minimum Gasteiger partial charge on any atom is -0.481 e. The molecule has 2 aliphatic heterocycles. The zero-order valence-electron chi connectivity index (χ0n) is 23.0. The summed E-state index contributed by atoms with van der Waals surface area (Å²) < 4.78 is 43.7. The van der Waals surface area contributed by atoms with Crippen molar-refractivity contribution in [3.8, 4) is 0 Å². The van der Waals surface area contributed by atoms with E-state index in [-0.39, 0.29) is 5.52 Å². The molecule has 220 valence electrons. The van der Waals surface area contributed by atoms with Crippen LogP contribution < -0.4 is 4.90 Å². The quantitative estimate of drug-likeness (QED) is 0.316. The maximum atomic E-state index is 14.1. The van der Waals surface area contributed by atoms with Crippen LogP contribution in [-0.4, -0.2) is 57.7 Å². The van der Waals surface area contributed by atoms with Crippen LogP contribution in [0.2, 0.25) is 10.0 Å². The van der Waals surface area contributed by atoms with Crippen LogP contribution in [0.25, 0.3) is 11.0 Å². The fourth-order valence-electron chi connectivity index (χ4n) is 7.04. The summed E-state index contributed by atoms with van der Waals surface area (Å²) in [6.07, 6.45) is -0.961. The van der Waals surface area contributed by atoms with Gasteiger partial charge in [-0.15, -0.1) is 0 Å². The highest BCUT2D eigenvalue weighted by Gasteiger charge is 2.49. The molecule has 0 bridgehead atoms. The maximum Gasteiger partial charge on any atom is 0.449 e. The number of rotatable bonds is 6. The number of aromatic nitrogens is 2. The molecular formula is C30H33Cl2F3N4O2. The first-order valence-corrected chi connectivity index (χ1v) is 14.9. The lowest BCUT2D eigenvalue weighted by Gasteiger charge is -2.52. The summed E-state index contributed by atoms with van der Waals surface area (Å²) >= 11 is 12.4. The molecule has 0 spiro atoms. The van der Waals surface area contributed by atoms with Crippen molar-refractivity contribution in [2.45, 2.75) is 57.8 Å². The number of likely N-dealkylation sites (tertiary alicyclic amines) is 1. The van der Waals surface area contributed by atoms with E-state index in [1.807, 2.05) is 19.1 Å². The fraction of sp³-hybridized carbons (Fsp3) is 0.533. The van der Waals surface area contributed by atoms with Crippen LogP contribution >= 0.6 is 23.2 Å². The van der Waals surface area contributed by atoms with Gasteiger partial charge in [0.2, 0.25) is 5.82 Å². The molecule has 3 heterocycles. The first kappa shape index (κ1) is 28.6. The summed E-state index contributed by atoms with van der Waals surface area (Å²) in [5.74, 6) is -0.623. The number of anilines is 1. The molecule has 6 nitrogen and oxygen atoms in total. The second kappa shape index (κ2) is 10.3. The molecule has 2 atom stereocenters. The van der Waals surface area contributed by atoms with Crippen molar-refractivity contribution in [3.05, 3.63) is 57.8 Å². The van der Waals surface area contributed by atoms with Crippen molar-refractivity contribution < 1.29 is 23.1 Å². The number of carbonyl (C=O) groups is 1. The number of benzene rings is 2. The Bertz CT molecular complexity index is 1480. The number of hydrogen-bond donors (Lipinski definition) is 1. The third-order valence-corrected chi connectivity index (χ3v) is 10.1. The average Bonchev–Trinajstić information content (AvgIpc) is 3.25. The monoisotopic (exact) mass is 608 g/mol. The Kier molecular flexibility index (Phi) is 7.22. The van der Waals surface area contributed by atoms with E-state index < -0.39 is 29.4 Å². The van der Waals surface area contributed by atoms with Crippen LogP contribution in [0.3, 0.4) is 0 Å². The van der Waals surface area contributed by atoms with Crippen molar-refractivity contribution in [1.82, 2.24) is 14.5 Å². The lowest BCUT2D eigenvalue weighted by atomic mass is 9.65. The summed E-state index contributed by atoms with van der Waals surface area (Å²) in [6.45, 7) is 7.22. The van der Waals surface area contributed by atoms with Crippen LogP contribution in [-0.2, 0) is 11.0 Å². The molecule has 1 aliphatic carbocycles. The first-order chi connectivity index (χ1) is 19.3. The highest BCUT2D eigenvalue weighted by Crippen LogP contribution is 2.46. The van der Waals surface area contributed by atoms with Crippen LogP contribution in [0.5, 0.6) is 0 Å². The van der Waals surface area contributed by atoms with Gasteiger partial charge in [0.15, 0.2) is 0 Å².